The van der Waals surface area contributed by atoms with Crippen LogP contribution in [0, 0.1) is 5.82 Å². The molecule has 6 nitrogen and oxygen atoms in total. The van der Waals surface area contributed by atoms with Crippen LogP contribution in [0.4, 0.5) is 10.1 Å². The van der Waals surface area contributed by atoms with Crippen molar-refractivity contribution in [3.8, 4) is 0 Å². The van der Waals surface area contributed by atoms with Gasteiger partial charge in [0.05, 0.1) is 23.2 Å². The first-order valence-electron chi connectivity index (χ1n) is 5.35. The summed E-state index contributed by atoms with van der Waals surface area (Å²) in [6, 6.07) is 3.02. The lowest BCUT2D eigenvalue weighted by molar-refractivity contribution is -0.117. The summed E-state index contributed by atoms with van der Waals surface area (Å²) in [6.07, 6.45) is 0. The first-order chi connectivity index (χ1) is 8.86. The molecule has 2 amide bonds. The van der Waals surface area contributed by atoms with Crippen molar-refractivity contribution in [1.29, 1.82) is 0 Å². The first-order valence-corrected chi connectivity index (χ1v) is 6.14. The minimum Gasteiger partial charge on any atom is -0.368 e. The van der Waals surface area contributed by atoms with Gasteiger partial charge in [-0.05, 0) is 27.6 Å². The van der Waals surface area contributed by atoms with Crippen LogP contribution in [0.15, 0.2) is 16.6 Å². The number of hydrogen-bond acceptors (Lipinski definition) is 4. The van der Waals surface area contributed by atoms with E-state index >= 15 is 0 Å². The highest BCUT2D eigenvalue weighted by Gasteiger charge is 2.19. The Hall–Kier alpha value is -1.67. The molecule has 0 saturated carbocycles. The fourth-order valence-corrected chi connectivity index (χ4v) is 2.08. The Bertz CT molecular complexity index is 494. The van der Waals surface area contributed by atoms with Crippen LogP contribution in [-0.4, -0.2) is 24.9 Å². The van der Waals surface area contributed by atoms with Crippen LogP contribution in [0.3, 0.4) is 0 Å². The summed E-state index contributed by atoms with van der Waals surface area (Å²) in [4.78, 5) is 23.1. The van der Waals surface area contributed by atoms with Crippen LogP contribution in [0.5, 0.6) is 0 Å². The number of carbonyl (C=O) groups is 2. The van der Waals surface area contributed by atoms with E-state index in [2.05, 4.69) is 15.9 Å². The largest absolute Gasteiger partial charge is 0.368 e. The molecule has 0 spiro atoms. The molecule has 6 N–H and O–H groups in total. The van der Waals surface area contributed by atoms with Crippen LogP contribution in [0.1, 0.15) is 5.56 Å². The average Bonchev–Trinajstić information content (AvgIpc) is 2.30. The van der Waals surface area contributed by atoms with E-state index in [4.69, 9.17) is 17.2 Å². The number of benzene rings is 1. The Balaban J connectivity index is 3.18. The van der Waals surface area contributed by atoms with Gasteiger partial charge in [-0.2, -0.15) is 0 Å². The van der Waals surface area contributed by atoms with E-state index in [0.717, 1.165) is 0 Å². The minimum absolute atomic E-state index is 0.0571. The Kier molecular flexibility index (Phi) is 5.25. The Labute approximate surface area is 117 Å². The standard InChI is InChI=1S/C11H14BrFN4O2/c12-10-6(3-14)1-2-7(11(10)13)17(4-8(15)18)5-9(16)19/h1-2H,3-5,14H2,(H2,15,18)(H2,16,19). The van der Waals surface area contributed by atoms with Gasteiger partial charge in [-0.3, -0.25) is 9.59 Å². The van der Waals surface area contributed by atoms with Crippen molar-refractivity contribution in [3.05, 3.63) is 28.0 Å². The van der Waals surface area contributed by atoms with E-state index in [9.17, 15) is 14.0 Å². The second-order valence-electron chi connectivity index (χ2n) is 3.86. The summed E-state index contributed by atoms with van der Waals surface area (Å²) in [6.45, 7) is -0.466. The molecule has 0 atom stereocenters. The number of amides is 2. The Morgan fingerprint density at radius 3 is 2.16 bits per heavy atom. The van der Waals surface area contributed by atoms with Crippen LogP contribution < -0.4 is 22.1 Å². The molecule has 0 heterocycles. The van der Waals surface area contributed by atoms with Crippen LogP contribution >= 0.6 is 15.9 Å². The third-order valence-corrected chi connectivity index (χ3v) is 3.25. The van der Waals surface area contributed by atoms with Crippen molar-refractivity contribution in [3.63, 3.8) is 0 Å². The van der Waals surface area contributed by atoms with Gasteiger partial charge in [0, 0.05) is 6.54 Å². The molecule has 0 aliphatic rings. The van der Waals surface area contributed by atoms with E-state index in [1.54, 1.807) is 6.07 Å². The fourth-order valence-electron chi connectivity index (χ4n) is 1.58. The summed E-state index contributed by atoms with van der Waals surface area (Å²) in [5, 5.41) is 0. The fraction of sp³-hybridized carbons (Fsp3) is 0.273. The summed E-state index contributed by atoms with van der Waals surface area (Å²) in [5.41, 5.74) is 16.2. The maximum atomic E-state index is 14.2. The number of anilines is 1. The summed E-state index contributed by atoms with van der Waals surface area (Å²) in [5.74, 6) is -2.01. The molecular formula is C11H14BrFN4O2. The predicted molar refractivity (Wildman–Crippen MR) is 72.6 cm³/mol. The van der Waals surface area contributed by atoms with Crippen molar-refractivity contribution < 1.29 is 14.0 Å². The maximum Gasteiger partial charge on any atom is 0.236 e. The lowest BCUT2D eigenvalue weighted by Crippen LogP contribution is -2.40. The molecule has 0 aliphatic heterocycles. The first kappa shape index (κ1) is 15.4. The normalized spacial score (nSPS) is 10.3. The quantitative estimate of drug-likeness (QED) is 0.670. The molecular weight excluding hydrogens is 319 g/mol. The van der Waals surface area contributed by atoms with Gasteiger partial charge in [0.2, 0.25) is 11.8 Å². The van der Waals surface area contributed by atoms with Crippen molar-refractivity contribution in [1.82, 2.24) is 0 Å². The number of halogens is 2. The van der Waals surface area contributed by atoms with Crippen LogP contribution in [0.2, 0.25) is 0 Å². The zero-order chi connectivity index (χ0) is 14.6. The minimum atomic E-state index is -0.695. The number of primary amides is 2. The topological polar surface area (TPSA) is 115 Å². The molecule has 0 aliphatic carbocycles. The van der Waals surface area contributed by atoms with Crippen molar-refractivity contribution in [2.45, 2.75) is 6.54 Å². The predicted octanol–water partition coefficient (Wildman–Crippen LogP) is -0.176. The van der Waals surface area contributed by atoms with Gasteiger partial charge in [-0.15, -0.1) is 0 Å². The van der Waals surface area contributed by atoms with Gasteiger partial charge in [0.25, 0.3) is 0 Å². The zero-order valence-corrected chi connectivity index (χ0v) is 11.6. The lowest BCUT2D eigenvalue weighted by atomic mass is 10.1. The van der Waals surface area contributed by atoms with Gasteiger partial charge in [0.1, 0.15) is 0 Å². The van der Waals surface area contributed by atoms with E-state index in [1.807, 2.05) is 0 Å². The maximum absolute atomic E-state index is 14.2. The highest BCUT2D eigenvalue weighted by atomic mass is 79.9. The van der Waals surface area contributed by atoms with Gasteiger partial charge in [0.15, 0.2) is 5.82 Å². The monoisotopic (exact) mass is 332 g/mol. The summed E-state index contributed by atoms with van der Waals surface area (Å²) < 4.78 is 14.3. The molecule has 0 aromatic heterocycles. The second kappa shape index (κ2) is 6.48. The lowest BCUT2D eigenvalue weighted by Gasteiger charge is -2.23. The zero-order valence-electron chi connectivity index (χ0n) is 10.0. The van der Waals surface area contributed by atoms with Crippen LogP contribution in [0.25, 0.3) is 0 Å². The number of rotatable bonds is 6. The average molecular weight is 333 g/mol. The second-order valence-corrected chi connectivity index (χ2v) is 4.66. The number of carbonyl (C=O) groups excluding carboxylic acids is 2. The smallest absolute Gasteiger partial charge is 0.236 e. The molecule has 0 radical (unpaired) electrons. The summed E-state index contributed by atoms with van der Waals surface area (Å²) >= 11 is 3.08. The molecule has 19 heavy (non-hydrogen) atoms. The van der Waals surface area contributed by atoms with E-state index < -0.39 is 17.6 Å². The van der Waals surface area contributed by atoms with Crippen molar-refractivity contribution in [2.24, 2.45) is 17.2 Å². The van der Waals surface area contributed by atoms with E-state index in [0.29, 0.717) is 5.56 Å². The highest BCUT2D eigenvalue weighted by molar-refractivity contribution is 9.10. The van der Waals surface area contributed by atoms with Gasteiger partial charge < -0.3 is 22.1 Å². The molecule has 1 rings (SSSR count). The van der Waals surface area contributed by atoms with Crippen molar-refractivity contribution >= 4 is 33.4 Å². The Morgan fingerprint density at radius 2 is 1.74 bits per heavy atom. The third-order valence-electron chi connectivity index (χ3n) is 2.40. The number of hydrogen-bond donors (Lipinski definition) is 3. The van der Waals surface area contributed by atoms with Gasteiger partial charge >= 0.3 is 0 Å². The van der Waals surface area contributed by atoms with E-state index in [1.165, 1.54) is 11.0 Å². The van der Waals surface area contributed by atoms with Crippen molar-refractivity contribution in [2.75, 3.05) is 18.0 Å². The molecule has 0 unspecified atom stereocenters. The Morgan fingerprint density at radius 1 is 1.21 bits per heavy atom. The van der Waals surface area contributed by atoms with Gasteiger partial charge in [-0.25, -0.2) is 4.39 Å². The SMILES string of the molecule is NCc1ccc(N(CC(N)=O)CC(N)=O)c(F)c1Br. The highest BCUT2D eigenvalue weighted by Crippen LogP contribution is 2.29. The van der Waals surface area contributed by atoms with Crippen LogP contribution in [-0.2, 0) is 16.1 Å². The molecule has 0 saturated heterocycles. The molecule has 0 bridgehead atoms. The molecule has 0 fully saturated rings. The van der Waals surface area contributed by atoms with E-state index in [-0.39, 0.29) is 29.8 Å². The summed E-state index contributed by atoms with van der Waals surface area (Å²) in [7, 11) is 0. The molecule has 104 valence electrons. The number of nitrogens with zero attached hydrogens (tertiary/aromatic N) is 1. The van der Waals surface area contributed by atoms with Gasteiger partial charge in [-0.1, -0.05) is 6.07 Å². The molecule has 1 aromatic carbocycles. The molecule has 1 aromatic rings. The third kappa shape index (κ3) is 3.90. The number of nitrogens with two attached hydrogens (primary N) is 3. The molecule has 8 heteroatoms.